The van der Waals surface area contributed by atoms with Gasteiger partial charge in [-0.25, -0.2) is 4.39 Å². The van der Waals surface area contributed by atoms with E-state index >= 15 is 0 Å². The Morgan fingerprint density at radius 2 is 2.10 bits per heavy atom. The first-order valence-electron chi connectivity index (χ1n) is 5.91. The summed E-state index contributed by atoms with van der Waals surface area (Å²) in [5.41, 5.74) is 1.34. The normalized spacial score (nSPS) is 10.1. The predicted octanol–water partition coefficient (Wildman–Crippen LogP) is 3.35. The Morgan fingerprint density at radius 1 is 1.30 bits per heavy atom. The molecule has 0 radical (unpaired) electrons. The summed E-state index contributed by atoms with van der Waals surface area (Å²) in [5.74, 6) is 0.0653. The van der Waals surface area contributed by atoms with Crippen LogP contribution < -0.4 is 10.1 Å². The number of nitrogens with zero attached hydrogens (tertiary/aromatic N) is 1. The van der Waals surface area contributed by atoms with Crippen LogP contribution in [0.1, 0.15) is 5.56 Å². The summed E-state index contributed by atoms with van der Waals surface area (Å²) >= 11 is 0. The van der Waals surface area contributed by atoms with Crippen molar-refractivity contribution in [2.75, 3.05) is 12.4 Å². The Bertz CT molecular complexity index is 632. The topological polar surface area (TPSA) is 64.4 Å². The molecule has 0 saturated carbocycles. The molecule has 104 valence electrons. The fourth-order valence-electron chi connectivity index (χ4n) is 1.78. The van der Waals surface area contributed by atoms with E-state index in [1.165, 1.54) is 31.4 Å². The van der Waals surface area contributed by atoms with E-state index in [-0.39, 0.29) is 11.5 Å². The first-order valence-corrected chi connectivity index (χ1v) is 5.91. The molecule has 2 aromatic rings. The Labute approximate surface area is 115 Å². The lowest BCUT2D eigenvalue weighted by Crippen LogP contribution is -2.02. The van der Waals surface area contributed by atoms with Gasteiger partial charge in [0.2, 0.25) is 0 Å². The van der Waals surface area contributed by atoms with E-state index < -0.39 is 4.92 Å². The summed E-state index contributed by atoms with van der Waals surface area (Å²) < 4.78 is 18.2. The predicted molar refractivity (Wildman–Crippen MR) is 73.4 cm³/mol. The van der Waals surface area contributed by atoms with E-state index in [0.717, 1.165) is 5.56 Å². The highest BCUT2D eigenvalue weighted by Gasteiger charge is 2.11. The molecule has 0 heterocycles. The summed E-state index contributed by atoms with van der Waals surface area (Å²) in [5, 5.41) is 13.7. The molecule has 0 aromatic heterocycles. The Morgan fingerprint density at radius 3 is 2.75 bits per heavy atom. The third-order valence-corrected chi connectivity index (χ3v) is 2.77. The van der Waals surface area contributed by atoms with Crippen LogP contribution in [-0.2, 0) is 6.54 Å². The minimum atomic E-state index is -0.487. The van der Waals surface area contributed by atoms with Crippen molar-refractivity contribution in [2.24, 2.45) is 0 Å². The first-order chi connectivity index (χ1) is 9.60. The van der Waals surface area contributed by atoms with Gasteiger partial charge in [0.25, 0.3) is 5.69 Å². The van der Waals surface area contributed by atoms with Gasteiger partial charge in [0.15, 0.2) is 0 Å². The average molecular weight is 276 g/mol. The molecule has 0 fully saturated rings. The van der Waals surface area contributed by atoms with Crippen molar-refractivity contribution in [1.29, 1.82) is 0 Å². The van der Waals surface area contributed by atoms with E-state index in [9.17, 15) is 14.5 Å². The maximum Gasteiger partial charge on any atom is 0.273 e. The monoisotopic (exact) mass is 276 g/mol. The largest absolute Gasteiger partial charge is 0.494 e. The molecule has 0 spiro atoms. The van der Waals surface area contributed by atoms with Crippen molar-refractivity contribution in [1.82, 2.24) is 0 Å². The van der Waals surface area contributed by atoms with E-state index in [0.29, 0.717) is 18.0 Å². The number of non-ortho nitro benzene ring substituents is 1. The zero-order valence-corrected chi connectivity index (χ0v) is 10.8. The Kier molecular flexibility index (Phi) is 4.14. The molecule has 5 nitrogen and oxygen atoms in total. The molecule has 0 atom stereocenters. The van der Waals surface area contributed by atoms with Gasteiger partial charge in [0.1, 0.15) is 11.6 Å². The minimum absolute atomic E-state index is 0.0434. The lowest BCUT2D eigenvalue weighted by atomic mass is 10.2. The molecule has 0 aliphatic carbocycles. The van der Waals surface area contributed by atoms with Crippen molar-refractivity contribution in [3.05, 3.63) is 64.0 Å². The highest BCUT2D eigenvalue weighted by molar-refractivity contribution is 5.60. The van der Waals surface area contributed by atoms with Crippen LogP contribution in [0.2, 0.25) is 0 Å². The van der Waals surface area contributed by atoms with Gasteiger partial charge in [-0.2, -0.15) is 0 Å². The molecule has 1 N–H and O–H groups in total. The van der Waals surface area contributed by atoms with Crippen molar-refractivity contribution in [3.63, 3.8) is 0 Å². The summed E-state index contributed by atoms with van der Waals surface area (Å²) in [6.07, 6.45) is 0. The van der Waals surface area contributed by atoms with E-state index in [1.54, 1.807) is 18.2 Å². The molecule has 20 heavy (non-hydrogen) atoms. The average Bonchev–Trinajstić information content (AvgIpc) is 2.45. The number of rotatable bonds is 5. The van der Waals surface area contributed by atoms with Gasteiger partial charge in [0.05, 0.1) is 23.8 Å². The van der Waals surface area contributed by atoms with Gasteiger partial charge >= 0.3 is 0 Å². The summed E-state index contributed by atoms with van der Waals surface area (Å²) in [7, 11) is 1.44. The second-order valence-electron chi connectivity index (χ2n) is 4.13. The van der Waals surface area contributed by atoms with Crippen LogP contribution in [0, 0.1) is 15.9 Å². The number of hydrogen-bond donors (Lipinski definition) is 1. The summed E-state index contributed by atoms with van der Waals surface area (Å²) in [6, 6.07) is 10.5. The zero-order chi connectivity index (χ0) is 14.5. The third kappa shape index (κ3) is 3.23. The number of hydrogen-bond acceptors (Lipinski definition) is 4. The number of anilines is 1. The fourth-order valence-corrected chi connectivity index (χ4v) is 1.78. The van der Waals surface area contributed by atoms with Crippen LogP contribution in [0.25, 0.3) is 0 Å². The molecule has 0 bridgehead atoms. The van der Waals surface area contributed by atoms with E-state index in [4.69, 9.17) is 4.74 Å². The molecule has 0 unspecified atom stereocenters. The molecule has 6 heteroatoms. The summed E-state index contributed by atoms with van der Waals surface area (Å²) in [6.45, 7) is 0.395. The van der Waals surface area contributed by atoms with Crippen molar-refractivity contribution >= 4 is 11.4 Å². The van der Waals surface area contributed by atoms with Crippen LogP contribution in [-0.4, -0.2) is 12.0 Å². The number of methoxy groups -OCH3 is 1. The van der Waals surface area contributed by atoms with Gasteiger partial charge in [-0.1, -0.05) is 12.1 Å². The summed E-state index contributed by atoms with van der Waals surface area (Å²) in [4.78, 5) is 10.2. The van der Waals surface area contributed by atoms with Crippen LogP contribution in [0.3, 0.4) is 0 Å². The fraction of sp³-hybridized carbons (Fsp3) is 0.143. The number of nitro benzene ring substituents is 1. The highest BCUT2D eigenvalue weighted by Crippen LogP contribution is 2.29. The molecule has 0 aliphatic heterocycles. The SMILES string of the molecule is COc1cc([N+](=O)[O-])ccc1NCc1cccc(F)c1. The smallest absolute Gasteiger partial charge is 0.273 e. The maximum atomic E-state index is 13.1. The van der Waals surface area contributed by atoms with Crippen LogP contribution >= 0.6 is 0 Å². The second-order valence-corrected chi connectivity index (χ2v) is 4.13. The van der Waals surface area contributed by atoms with Crippen molar-refractivity contribution in [3.8, 4) is 5.75 Å². The molecular weight excluding hydrogens is 263 g/mol. The van der Waals surface area contributed by atoms with Crippen molar-refractivity contribution in [2.45, 2.75) is 6.54 Å². The van der Waals surface area contributed by atoms with Gasteiger partial charge < -0.3 is 10.1 Å². The number of halogens is 1. The lowest BCUT2D eigenvalue weighted by molar-refractivity contribution is -0.384. The lowest BCUT2D eigenvalue weighted by Gasteiger charge is -2.11. The quantitative estimate of drug-likeness (QED) is 0.671. The van der Waals surface area contributed by atoms with Crippen LogP contribution in [0.4, 0.5) is 15.8 Å². The van der Waals surface area contributed by atoms with Crippen molar-refractivity contribution < 1.29 is 14.1 Å². The standard InChI is InChI=1S/C14H13FN2O3/c1-20-14-8-12(17(18)19)5-6-13(14)16-9-10-3-2-4-11(15)7-10/h2-8,16H,9H2,1H3. The van der Waals surface area contributed by atoms with E-state index in [1.807, 2.05) is 0 Å². The van der Waals surface area contributed by atoms with Gasteiger partial charge in [-0.15, -0.1) is 0 Å². The first kappa shape index (κ1) is 13.8. The molecule has 0 aliphatic rings. The third-order valence-electron chi connectivity index (χ3n) is 2.77. The maximum absolute atomic E-state index is 13.1. The molecule has 2 rings (SSSR count). The molecule has 0 amide bonds. The van der Waals surface area contributed by atoms with Crippen LogP contribution in [0.15, 0.2) is 42.5 Å². The number of nitro groups is 1. The number of ether oxygens (including phenoxy) is 1. The Hall–Kier alpha value is -2.63. The number of benzene rings is 2. The Balaban J connectivity index is 2.15. The second kappa shape index (κ2) is 6.01. The van der Waals surface area contributed by atoms with Gasteiger partial charge in [0, 0.05) is 12.6 Å². The highest BCUT2D eigenvalue weighted by atomic mass is 19.1. The van der Waals surface area contributed by atoms with Gasteiger partial charge in [-0.3, -0.25) is 10.1 Å². The van der Waals surface area contributed by atoms with Crippen LogP contribution in [0.5, 0.6) is 5.75 Å². The molecule has 0 saturated heterocycles. The molecular formula is C14H13FN2O3. The molecule has 2 aromatic carbocycles. The minimum Gasteiger partial charge on any atom is -0.494 e. The van der Waals surface area contributed by atoms with Gasteiger partial charge in [-0.05, 0) is 23.8 Å². The van der Waals surface area contributed by atoms with E-state index in [2.05, 4.69) is 5.32 Å². The zero-order valence-electron chi connectivity index (χ0n) is 10.8. The number of nitrogens with one attached hydrogen (secondary N) is 1.